The Bertz CT molecular complexity index is 636. The predicted octanol–water partition coefficient (Wildman–Crippen LogP) is 1.48. The van der Waals surface area contributed by atoms with E-state index in [1.807, 2.05) is 0 Å². The van der Waals surface area contributed by atoms with Gasteiger partial charge in [-0.2, -0.15) is 4.31 Å². The number of benzene rings is 1. The Balaban J connectivity index is 1.98. The van der Waals surface area contributed by atoms with Gasteiger partial charge in [-0.3, -0.25) is 0 Å². The third kappa shape index (κ3) is 2.59. The van der Waals surface area contributed by atoms with Gasteiger partial charge < -0.3 is 10.8 Å². The molecule has 1 aromatic carbocycles. The first kappa shape index (κ1) is 15.2. The van der Waals surface area contributed by atoms with Crippen LogP contribution in [0, 0.1) is 0 Å². The molecule has 0 amide bonds. The summed E-state index contributed by atoms with van der Waals surface area (Å²) in [5.41, 5.74) is 6.35. The van der Waals surface area contributed by atoms with Gasteiger partial charge in [0, 0.05) is 18.6 Å². The molecule has 2 bridgehead atoms. The molecule has 2 aliphatic heterocycles. The van der Waals surface area contributed by atoms with Crippen molar-refractivity contribution in [1.82, 2.24) is 4.31 Å². The first-order chi connectivity index (χ1) is 9.93. The summed E-state index contributed by atoms with van der Waals surface area (Å²) in [4.78, 5) is 0.134. The van der Waals surface area contributed by atoms with Gasteiger partial charge in [0.05, 0.1) is 11.1 Å². The summed E-state index contributed by atoms with van der Waals surface area (Å²) >= 11 is 6.15. The lowest BCUT2D eigenvalue weighted by atomic mass is 10.0. The maximum atomic E-state index is 12.9. The fourth-order valence-corrected chi connectivity index (χ4v) is 5.93. The standard InChI is InChI=1S/C14H19ClN2O3S/c15-13-5-9(8-16)1-4-14(13)21(19,20)17-10-2-3-11(17)7-12(18)6-10/h1,4-5,10-12,18H,2-3,6-8,16H2. The van der Waals surface area contributed by atoms with Crippen molar-refractivity contribution in [3.05, 3.63) is 28.8 Å². The number of aliphatic hydroxyl groups is 1. The molecule has 2 saturated heterocycles. The van der Waals surface area contributed by atoms with E-state index in [1.165, 1.54) is 6.07 Å². The van der Waals surface area contributed by atoms with Gasteiger partial charge >= 0.3 is 0 Å². The van der Waals surface area contributed by atoms with Crippen molar-refractivity contribution in [2.45, 2.75) is 55.3 Å². The van der Waals surface area contributed by atoms with Gasteiger partial charge in [-0.05, 0) is 43.4 Å². The number of sulfonamides is 1. The lowest BCUT2D eigenvalue weighted by Crippen LogP contribution is -2.47. The molecule has 2 heterocycles. The third-order valence-electron chi connectivity index (χ3n) is 4.43. The Kier molecular flexibility index (Phi) is 4.00. The second-order valence-electron chi connectivity index (χ2n) is 5.81. The van der Waals surface area contributed by atoms with Crippen LogP contribution in [0.25, 0.3) is 0 Å². The zero-order valence-corrected chi connectivity index (χ0v) is 13.1. The highest BCUT2D eigenvalue weighted by Gasteiger charge is 2.47. The van der Waals surface area contributed by atoms with Crippen molar-refractivity contribution < 1.29 is 13.5 Å². The summed E-state index contributed by atoms with van der Waals surface area (Å²) in [6.07, 6.45) is 2.23. The molecule has 2 atom stereocenters. The highest BCUT2D eigenvalue weighted by molar-refractivity contribution is 7.89. The van der Waals surface area contributed by atoms with Gasteiger partial charge in [0.25, 0.3) is 0 Å². The molecule has 2 fully saturated rings. The number of halogens is 1. The third-order valence-corrected chi connectivity index (χ3v) is 6.92. The number of aliphatic hydroxyl groups excluding tert-OH is 1. The van der Waals surface area contributed by atoms with Crippen LogP contribution in [0.15, 0.2) is 23.1 Å². The minimum Gasteiger partial charge on any atom is -0.393 e. The molecule has 2 aliphatic rings. The molecule has 0 aromatic heterocycles. The van der Waals surface area contributed by atoms with Crippen LogP contribution < -0.4 is 5.73 Å². The highest BCUT2D eigenvalue weighted by atomic mass is 35.5. The molecule has 0 aliphatic carbocycles. The van der Waals surface area contributed by atoms with Gasteiger partial charge in [0.15, 0.2) is 0 Å². The van der Waals surface area contributed by atoms with Crippen LogP contribution in [-0.2, 0) is 16.6 Å². The molecule has 3 N–H and O–H groups in total. The summed E-state index contributed by atoms with van der Waals surface area (Å²) in [5.74, 6) is 0. The first-order valence-electron chi connectivity index (χ1n) is 7.13. The minimum absolute atomic E-state index is 0.117. The van der Waals surface area contributed by atoms with Crippen LogP contribution in [0.3, 0.4) is 0 Å². The molecule has 2 unspecified atom stereocenters. The van der Waals surface area contributed by atoms with Crippen LogP contribution in [0.1, 0.15) is 31.2 Å². The van der Waals surface area contributed by atoms with E-state index in [0.29, 0.717) is 19.4 Å². The first-order valence-corrected chi connectivity index (χ1v) is 8.95. The average molecular weight is 331 g/mol. The van der Waals surface area contributed by atoms with Gasteiger partial charge in [-0.25, -0.2) is 8.42 Å². The van der Waals surface area contributed by atoms with Gasteiger partial charge in [0.2, 0.25) is 10.0 Å². The van der Waals surface area contributed by atoms with E-state index >= 15 is 0 Å². The second kappa shape index (κ2) is 5.52. The van der Waals surface area contributed by atoms with Gasteiger partial charge in [0.1, 0.15) is 4.90 Å². The zero-order valence-electron chi connectivity index (χ0n) is 11.6. The number of nitrogens with zero attached hydrogens (tertiary/aromatic N) is 1. The summed E-state index contributed by atoms with van der Waals surface area (Å²) in [6, 6.07) is 4.60. The van der Waals surface area contributed by atoms with Crippen LogP contribution in [0.4, 0.5) is 0 Å². The maximum Gasteiger partial charge on any atom is 0.245 e. The molecular formula is C14H19ClN2O3S. The molecule has 7 heteroatoms. The summed E-state index contributed by atoms with van der Waals surface area (Å²) in [6.45, 7) is 0.321. The van der Waals surface area contributed by atoms with Crippen molar-refractivity contribution >= 4 is 21.6 Å². The Morgan fingerprint density at radius 3 is 2.43 bits per heavy atom. The van der Waals surface area contributed by atoms with E-state index in [2.05, 4.69) is 0 Å². The van der Waals surface area contributed by atoms with Crippen molar-refractivity contribution in [3.8, 4) is 0 Å². The van der Waals surface area contributed by atoms with Crippen molar-refractivity contribution in [2.75, 3.05) is 0 Å². The van der Waals surface area contributed by atoms with Gasteiger partial charge in [-0.1, -0.05) is 17.7 Å². The minimum atomic E-state index is -3.63. The van der Waals surface area contributed by atoms with Crippen LogP contribution in [0.5, 0.6) is 0 Å². The number of piperidine rings is 1. The summed E-state index contributed by atoms with van der Waals surface area (Å²) < 4.78 is 27.4. The molecule has 0 radical (unpaired) electrons. The number of nitrogens with two attached hydrogens (primary N) is 1. The van der Waals surface area contributed by atoms with Crippen molar-refractivity contribution in [1.29, 1.82) is 0 Å². The Labute approximate surface area is 129 Å². The Hall–Kier alpha value is -0.660. The fraction of sp³-hybridized carbons (Fsp3) is 0.571. The molecule has 0 saturated carbocycles. The van der Waals surface area contributed by atoms with E-state index in [1.54, 1.807) is 16.4 Å². The summed E-state index contributed by atoms with van der Waals surface area (Å²) in [7, 11) is -3.63. The molecule has 21 heavy (non-hydrogen) atoms. The van der Waals surface area contributed by atoms with E-state index in [0.717, 1.165) is 18.4 Å². The largest absolute Gasteiger partial charge is 0.393 e. The Morgan fingerprint density at radius 1 is 1.29 bits per heavy atom. The second-order valence-corrected chi connectivity index (χ2v) is 8.03. The van der Waals surface area contributed by atoms with Crippen LogP contribution in [0.2, 0.25) is 5.02 Å². The summed E-state index contributed by atoms with van der Waals surface area (Å²) in [5, 5.41) is 10.0. The molecule has 5 nitrogen and oxygen atoms in total. The van der Waals surface area contributed by atoms with Gasteiger partial charge in [-0.15, -0.1) is 0 Å². The maximum absolute atomic E-state index is 12.9. The monoisotopic (exact) mass is 330 g/mol. The smallest absolute Gasteiger partial charge is 0.245 e. The van der Waals surface area contributed by atoms with E-state index < -0.39 is 16.1 Å². The molecule has 1 aromatic rings. The van der Waals surface area contributed by atoms with Crippen LogP contribution in [-0.4, -0.2) is 36.0 Å². The number of hydrogen-bond acceptors (Lipinski definition) is 4. The van der Waals surface area contributed by atoms with Crippen molar-refractivity contribution in [2.24, 2.45) is 5.73 Å². The topological polar surface area (TPSA) is 83.6 Å². The normalized spacial score (nSPS) is 29.8. The molecule has 3 rings (SSSR count). The quantitative estimate of drug-likeness (QED) is 0.879. The fourth-order valence-electron chi connectivity index (χ4n) is 3.49. The number of hydrogen-bond donors (Lipinski definition) is 2. The lowest BCUT2D eigenvalue weighted by molar-refractivity contribution is 0.0769. The van der Waals surface area contributed by atoms with E-state index in [9.17, 15) is 13.5 Å². The van der Waals surface area contributed by atoms with Crippen LogP contribution >= 0.6 is 11.6 Å². The zero-order chi connectivity index (χ0) is 15.2. The highest BCUT2D eigenvalue weighted by Crippen LogP contribution is 2.40. The molecule has 0 spiro atoms. The van der Waals surface area contributed by atoms with E-state index in [4.69, 9.17) is 17.3 Å². The van der Waals surface area contributed by atoms with Crippen molar-refractivity contribution in [3.63, 3.8) is 0 Å². The average Bonchev–Trinajstić information content (AvgIpc) is 2.72. The lowest BCUT2D eigenvalue weighted by Gasteiger charge is -2.36. The molecule has 116 valence electrons. The number of fused-ring (bicyclic) bond motifs is 2. The molecular weight excluding hydrogens is 312 g/mol. The Morgan fingerprint density at radius 2 is 1.90 bits per heavy atom. The SMILES string of the molecule is NCc1ccc(S(=O)(=O)N2C3CCC2CC(O)C3)c(Cl)c1. The number of rotatable bonds is 3. The predicted molar refractivity (Wildman–Crippen MR) is 80.4 cm³/mol. The van der Waals surface area contributed by atoms with E-state index in [-0.39, 0.29) is 22.0 Å².